The molecular weight excluding hydrogens is 276 g/mol. The third kappa shape index (κ3) is 2.20. The molecule has 100 valence electrons. The van der Waals surface area contributed by atoms with E-state index in [0.29, 0.717) is 11.8 Å². The van der Waals surface area contributed by atoms with Crippen LogP contribution in [-0.2, 0) is 10.1 Å². The Labute approximate surface area is 107 Å². The Balaban J connectivity index is 3.05. The molecule has 0 unspecified atom stereocenters. The van der Waals surface area contributed by atoms with Gasteiger partial charge in [0.2, 0.25) is 5.75 Å². The van der Waals surface area contributed by atoms with E-state index in [2.05, 4.69) is 4.98 Å². The minimum Gasteiger partial charge on any atom is -0.501 e. The van der Waals surface area contributed by atoms with Crippen LogP contribution in [0, 0.1) is 17.0 Å². The molecule has 0 aliphatic carbocycles. The van der Waals surface area contributed by atoms with Crippen LogP contribution in [0.3, 0.4) is 0 Å². The summed E-state index contributed by atoms with van der Waals surface area (Å²) in [5.74, 6) is -0.740. The van der Waals surface area contributed by atoms with Crippen LogP contribution in [-0.4, -0.2) is 28.0 Å². The van der Waals surface area contributed by atoms with Crippen molar-refractivity contribution in [3.05, 3.63) is 34.0 Å². The van der Waals surface area contributed by atoms with Crippen molar-refractivity contribution in [1.29, 1.82) is 0 Å². The number of aromatic nitrogens is 1. The maximum atomic E-state index is 11.2. The molecule has 0 saturated heterocycles. The molecule has 0 fully saturated rings. The maximum absolute atomic E-state index is 11.2. The number of fused-ring (bicyclic) bond motifs is 1. The fraction of sp³-hybridized carbons (Fsp3) is 0.100. The molecule has 0 amide bonds. The van der Waals surface area contributed by atoms with E-state index < -0.39 is 31.4 Å². The topological polar surface area (TPSA) is 131 Å². The van der Waals surface area contributed by atoms with Gasteiger partial charge in [0.05, 0.1) is 4.92 Å². The first kappa shape index (κ1) is 13.2. The Morgan fingerprint density at radius 1 is 1.37 bits per heavy atom. The molecule has 0 aliphatic rings. The SMILES string of the molecule is Cc1ccc2c(S(=O)(=O)O)cc([N+](=O)[O-])c(O)c2n1. The van der Waals surface area contributed by atoms with Gasteiger partial charge in [-0.2, -0.15) is 8.42 Å². The molecule has 1 aromatic carbocycles. The third-order valence-electron chi connectivity index (χ3n) is 2.51. The van der Waals surface area contributed by atoms with Crippen molar-refractivity contribution >= 4 is 26.7 Å². The van der Waals surface area contributed by atoms with E-state index in [1.165, 1.54) is 12.1 Å². The molecule has 0 saturated carbocycles. The van der Waals surface area contributed by atoms with Gasteiger partial charge in [-0.25, -0.2) is 4.98 Å². The van der Waals surface area contributed by atoms with Crippen LogP contribution < -0.4 is 0 Å². The van der Waals surface area contributed by atoms with Crippen LogP contribution in [0.15, 0.2) is 23.1 Å². The van der Waals surface area contributed by atoms with Crippen LogP contribution in [0.4, 0.5) is 5.69 Å². The van der Waals surface area contributed by atoms with Gasteiger partial charge >= 0.3 is 5.69 Å². The highest BCUT2D eigenvalue weighted by Gasteiger charge is 2.25. The summed E-state index contributed by atoms with van der Waals surface area (Å²) >= 11 is 0. The number of pyridine rings is 1. The molecule has 1 heterocycles. The maximum Gasteiger partial charge on any atom is 0.314 e. The first-order valence-corrected chi connectivity index (χ1v) is 6.41. The van der Waals surface area contributed by atoms with Crippen LogP contribution in [0.2, 0.25) is 0 Å². The molecule has 2 N–H and O–H groups in total. The minimum atomic E-state index is -4.67. The first-order valence-electron chi connectivity index (χ1n) is 4.97. The van der Waals surface area contributed by atoms with E-state index in [0.717, 1.165) is 0 Å². The second-order valence-electron chi connectivity index (χ2n) is 3.82. The number of aryl methyl sites for hydroxylation is 1. The molecule has 1 aromatic heterocycles. The van der Waals surface area contributed by atoms with Crippen LogP contribution in [0.5, 0.6) is 5.75 Å². The summed E-state index contributed by atoms with van der Waals surface area (Å²) in [6, 6.07) is 3.37. The largest absolute Gasteiger partial charge is 0.501 e. The van der Waals surface area contributed by atoms with E-state index >= 15 is 0 Å². The van der Waals surface area contributed by atoms with Crippen molar-refractivity contribution in [2.75, 3.05) is 0 Å². The number of aromatic hydroxyl groups is 1. The molecule has 2 rings (SSSR count). The molecule has 0 radical (unpaired) electrons. The molecule has 9 heteroatoms. The van der Waals surface area contributed by atoms with E-state index in [4.69, 9.17) is 4.55 Å². The predicted octanol–water partition coefficient (Wildman–Crippen LogP) is 1.40. The van der Waals surface area contributed by atoms with Crippen LogP contribution in [0.1, 0.15) is 5.69 Å². The van der Waals surface area contributed by atoms with Gasteiger partial charge in [0, 0.05) is 17.1 Å². The van der Waals surface area contributed by atoms with Crippen molar-refractivity contribution in [3.8, 4) is 5.75 Å². The van der Waals surface area contributed by atoms with Gasteiger partial charge in [0.25, 0.3) is 10.1 Å². The second kappa shape index (κ2) is 4.14. The number of rotatable bonds is 2. The standard InChI is InChI=1S/C10H8N2O6S/c1-5-2-3-6-8(19(16,17)18)4-7(12(14)15)10(13)9(6)11-5/h2-4,13H,1H3,(H,16,17,18). The van der Waals surface area contributed by atoms with E-state index in [-0.39, 0.29) is 10.9 Å². The number of phenols is 1. The van der Waals surface area contributed by atoms with Gasteiger partial charge in [-0.3, -0.25) is 14.7 Å². The van der Waals surface area contributed by atoms with Crippen LogP contribution >= 0.6 is 0 Å². The number of hydrogen-bond acceptors (Lipinski definition) is 6. The summed E-state index contributed by atoms with van der Waals surface area (Å²) in [5, 5.41) is 20.4. The molecule has 0 aliphatic heterocycles. The summed E-state index contributed by atoms with van der Waals surface area (Å²) in [6.45, 7) is 1.57. The molecule has 2 aromatic rings. The molecule has 0 atom stereocenters. The quantitative estimate of drug-likeness (QED) is 0.484. The van der Waals surface area contributed by atoms with Crippen molar-refractivity contribution in [1.82, 2.24) is 4.98 Å². The average Bonchev–Trinajstić information content (AvgIpc) is 2.28. The van der Waals surface area contributed by atoms with Gasteiger partial charge in [-0.15, -0.1) is 0 Å². The lowest BCUT2D eigenvalue weighted by Gasteiger charge is -2.06. The molecule has 0 spiro atoms. The van der Waals surface area contributed by atoms with Gasteiger partial charge in [-0.1, -0.05) is 0 Å². The number of hydrogen-bond donors (Lipinski definition) is 2. The number of nitrogens with zero attached hydrogens (tertiary/aromatic N) is 2. The number of benzene rings is 1. The van der Waals surface area contributed by atoms with Crippen molar-refractivity contribution in [3.63, 3.8) is 0 Å². The first-order chi connectivity index (χ1) is 8.71. The van der Waals surface area contributed by atoms with Gasteiger partial charge in [-0.05, 0) is 19.1 Å². The van der Waals surface area contributed by atoms with Crippen LogP contribution in [0.25, 0.3) is 10.9 Å². The Kier molecular flexibility index (Phi) is 2.87. The van der Waals surface area contributed by atoms with E-state index in [9.17, 15) is 23.6 Å². The molecular formula is C10H8N2O6S. The Hall–Kier alpha value is -2.26. The summed E-state index contributed by atoms with van der Waals surface area (Å²) in [4.78, 5) is 13.0. The smallest absolute Gasteiger partial charge is 0.314 e. The fourth-order valence-corrected chi connectivity index (χ4v) is 2.38. The monoisotopic (exact) mass is 284 g/mol. The van der Waals surface area contributed by atoms with Gasteiger partial charge in [0.15, 0.2) is 0 Å². The highest BCUT2D eigenvalue weighted by Crippen LogP contribution is 2.37. The Bertz CT molecular complexity index is 799. The zero-order chi connectivity index (χ0) is 14.4. The van der Waals surface area contributed by atoms with Gasteiger partial charge < -0.3 is 5.11 Å². The lowest BCUT2D eigenvalue weighted by molar-refractivity contribution is -0.385. The lowest BCUT2D eigenvalue weighted by atomic mass is 10.1. The number of nitro groups is 1. The lowest BCUT2D eigenvalue weighted by Crippen LogP contribution is -2.02. The molecule has 19 heavy (non-hydrogen) atoms. The van der Waals surface area contributed by atoms with Crippen molar-refractivity contribution in [2.45, 2.75) is 11.8 Å². The third-order valence-corrected chi connectivity index (χ3v) is 3.40. The Morgan fingerprint density at radius 2 is 2.00 bits per heavy atom. The predicted molar refractivity (Wildman–Crippen MR) is 64.6 cm³/mol. The fourth-order valence-electron chi connectivity index (χ4n) is 1.68. The zero-order valence-electron chi connectivity index (χ0n) is 9.56. The summed E-state index contributed by atoms with van der Waals surface area (Å²) in [6.07, 6.45) is 0. The summed E-state index contributed by atoms with van der Waals surface area (Å²) in [7, 11) is -4.67. The van der Waals surface area contributed by atoms with Gasteiger partial charge in [0.1, 0.15) is 10.4 Å². The van der Waals surface area contributed by atoms with E-state index in [1.54, 1.807) is 6.92 Å². The molecule has 8 nitrogen and oxygen atoms in total. The minimum absolute atomic E-state index is 0.0869. The normalized spacial score (nSPS) is 11.7. The Morgan fingerprint density at radius 3 is 2.53 bits per heavy atom. The number of nitro benzene ring substituents is 1. The summed E-state index contributed by atoms with van der Waals surface area (Å²) < 4.78 is 31.6. The van der Waals surface area contributed by atoms with Crippen molar-refractivity contribution < 1.29 is 23.0 Å². The summed E-state index contributed by atoms with van der Waals surface area (Å²) in [5.41, 5.74) is -0.648. The zero-order valence-corrected chi connectivity index (χ0v) is 10.4. The average molecular weight is 284 g/mol. The molecule has 0 bridgehead atoms. The second-order valence-corrected chi connectivity index (χ2v) is 5.21. The highest BCUT2D eigenvalue weighted by molar-refractivity contribution is 7.86. The number of phenolic OH excluding ortho intramolecular Hbond substituents is 1. The highest BCUT2D eigenvalue weighted by atomic mass is 32.2. The van der Waals surface area contributed by atoms with E-state index in [1.807, 2.05) is 0 Å². The van der Waals surface area contributed by atoms with Crippen molar-refractivity contribution in [2.24, 2.45) is 0 Å².